The number of nitrogens with one attached hydrogen (secondary N) is 1. The molecular weight excluding hydrogens is 286 g/mol. The molecule has 1 rings (SSSR count). The first-order valence-electron chi connectivity index (χ1n) is 8.08. The molecule has 1 fully saturated rings. The van der Waals surface area contributed by atoms with Crippen LogP contribution in [0, 0.1) is 5.41 Å². The summed E-state index contributed by atoms with van der Waals surface area (Å²) in [7, 11) is -1.68. The first-order valence-corrected chi connectivity index (χ1v) is 9.47. The fourth-order valence-corrected chi connectivity index (χ4v) is 4.67. The fraction of sp³-hybridized carbons (Fsp3) is 1.00. The van der Waals surface area contributed by atoms with Crippen molar-refractivity contribution in [2.24, 2.45) is 5.41 Å². The first-order chi connectivity index (χ1) is 9.62. The summed E-state index contributed by atoms with van der Waals surface area (Å²) in [6.45, 7) is 12.5. The molecule has 0 aromatic carbocycles. The normalized spacial score (nSPS) is 23.5. The van der Waals surface area contributed by atoms with E-state index in [1.54, 1.807) is 15.7 Å². The Morgan fingerprint density at radius 1 is 1.33 bits per heavy atom. The molecule has 2 atom stereocenters. The summed E-state index contributed by atoms with van der Waals surface area (Å²) >= 11 is 0. The van der Waals surface area contributed by atoms with E-state index in [0.717, 1.165) is 32.4 Å². The quantitative estimate of drug-likeness (QED) is 0.815. The second-order valence-corrected chi connectivity index (χ2v) is 9.07. The van der Waals surface area contributed by atoms with Crippen molar-refractivity contribution in [3.63, 3.8) is 0 Å². The summed E-state index contributed by atoms with van der Waals surface area (Å²) in [6.07, 6.45) is 3.02. The summed E-state index contributed by atoms with van der Waals surface area (Å²) in [6, 6.07) is 0.0440. The molecular formula is C15H33N3O2S. The van der Waals surface area contributed by atoms with Gasteiger partial charge in [-0.15, -0.1) is 0 Å². The van der Waals surface area contributed by atoms with Crippen molar-refractivity contribution < 1.29 is 8.42 Å². The van der Waals surface area contributed by atoms with E-state index >= 15 is 0 Å². The average molecular weight is 320 g/mol. The van der Waals surface area contributed by atoms with Gasteiger partial charge in [0.1, 0.15) is 0 Å². The monoisotopic (exact) mass is 319 g/mol. The van der Waals surface area contributed by atoms with Gasteiger partial charge in [0.2, 0.25) is 0 Å². The van der Waals surface area contributed by atoms with Crippen LogP contribution in [0.15, 0.2) is 0 Å². The Bertz CT molecular complexity index is 417. The summed E-state index contributed by atoms with van der Waals surface area (Å²) in [5.41, 5.74) is -0.0746. The lowest BCUT2D eigenvalue weighted by atomic mass is 9.88. The smallest absolute Gasteiger partial charge is 0.282 e. The highest BCUT2D eigenvalue weighted by molar-refractivity contribution is 7.86. The minimum Gasteiger partial charge on any atom is -0.315 e. The third kappa shape index (κ3) is 4.65. The van der Waals surface area contributed by atoms with Gasteiger partial charge in [-0.1, -0.05) is 34.1 Å². The third-order valence-electron chi connectivity index (χ3n) is 4.66. The van der Waals surface area contributed by atoms with Gasteiger partial charge in [-0.3, -0.25) is 0 Å². The molecule has 6 heteroatoms. The van der Waals surface area contributed by atoms with Crippen molar-refractivity contribution in [3.8, 4) is 0 Å². The highest BCUT2D eigenvalue weighted by Gasteiger charge is 2.39. The van der Waals surface area contributed by atoms with E-state index in [1.165, 1.54) is 0 Å². The van der Waals surface area contributed by atoms with E-state index < -0.39 is 10.2 Å². The number of hydrogen-bond acceptors (Lipinski definition) is 3. The molecule has 1 aliphatic rings. The standard InChI is InChI=1S/C15H33N3O2S/c1-7-16-12-14-10-8-9-11-18(14)21(19,20)17(6)13(2)15(3,4)5/h13-14,16H,7-12H2,1-6H3. The summed E-state index contributed by atoms with van der Waals surface area (Å²) in [5, 5.41) is 3.29. The second-order valence-electron chi connectivity index (χ2n) is 7.13. The predicted octanol–water partition coefficient (Wildman–Crippen LogP) is 2.06. The Kier molecular flexibility index (Phi) is 6.65. The van der Waals surface area contributed by atoms with Crippen molar-refractivity contribution >= 4 is 10.2 Å². The van der Waals surface area contributed by atoms with E-state index in [9.17, 15) is 8.42 Å². The molecule has 0 amide bonds. The highest BCUT2D eigenvalue weighted by Crippen LogP contribution is 2.28. The lowest BCUT2D eigenvalue weighted by molar-refractivity contribution is 0.182. The molecule has 1 N–H and O–H groups in total. The van der Waals surface area contributed by atoms with Gasteiger partial charge >= 0.3 is 0 Å². The maximum atomic E-state index is 13.0. The molecule has 0 aromatic heterocycles. The average Bonchev–Trinajstić information content (AvgIpc) is 2.42. The van der Waals surface area contributed by atoms with Gasteiger partial charge in [0.05, 0.1) is 0 Å². The number of rotatable bonds is 6. The molecule has 0 bridgehead atoms. The van der Waals surface area contributed by atoms with E-state index in [-0.39, 0.29) is 17.5 Å². The van der Waals surface area contributed by atoms with Gasteiger partial charge in [-0.25, -0.2) is 0 Å². The molecule has 0 aromatic rings. The minimum absolute atomic E-state index is 0.0378. The van der Waals surface area contributed by atoms with Gasteiger partial charge < -0.3 is 5.32 Å². The zero-order valence-corrected chi connectivity index (χ0v) is 15.3. The van der Waals surface area contributed by atoms with Gasteiger partial charge in [0.15, 0.2) is 0 Å². The van der Waals surface area contributed by atoms with Crippen LogP contribution in [0.5, 0.6) is 0 Å². The second kappa shape index (κ2) is 7.40. The van der Waals surface area contributed by atoms with Crippen LogP contribution in [0.3, 0.4) is 0 Å². The molecule has 1 aliphatic heterocycles. The van der Waals surface area contributed by atoms with Crippen LogP contribution in [0.2, 0.25) is 0 Å². The maximum absolute atomic E-state index is 13.0. The van der Waals surface area contributed by atoms with E-state index in [1.807, 2.05) is 6.92 Å². The Morgan fingerprint density at radius 2 is 1.95 bits per heavy atom. The Labute approximate surface area is 131 Å². The van der Waals surface area contributed by atoms with Crippen LogP contribution in [-0.4, -0.2) is 55.8 Å². The van der Waals surface area contributed by atoms with Crippen molar-refractivity contribution in [2.45, 2.75) is 66.0 Å². The minimum atomic E-state index is -3.40. The lowest BCUT2D eigenvalue weighted by Crippen LogP contribution is -2.55. The number of likely N-dealkylation sites (N-methyl/N-ethyl adjacent to an activating group) is 1. The molecule has 0 radical (unpaired) electrons. The van der Waals surface area contributed by atoms with E-state index in [0.29, 0.717) is 6.54 Å². The maximum Gasteiger partial charge on any atom is 0.282 e. The SMILES string of the molecule is CCNCC1CCCCN1S(=O)(=O)N(C)C(C)C(C)(C)C. The summed E-state index contributed by atoms with van der Waals surface area (Å²) < 4.78 is 29.2. The molecule has 126 valence electrons. The molecule has 1 saturated heterocycles. The highest BCUT2D eigenvalue weighted by atomic mass is 32.2. The zero-order chi connectivity index (χ0) is 16.3. The summed E-state index contributed by atoms with van der Waals surface area (Å²) in [4.78, 5) is 0. The van der Waals surface area contributed by atoms with Crippen LogP contribution >= 0.6 is 0 Å². The molecule has 0 aliphatic carbocycles. The number of hydrogen-bond donors (Lipinski definition) is 1. The molecule has 21 heavy (non-hydrogen) atoms. The predicted molar refractivity (Wildman–Crippen MR) is 88.5 cm³/mol. The summed E-state index contributed by atoms with van der Waals surface area (Å²) in [5.74, 6) is 0. The van der Waals surface area contributed by atoms with Gasteiger partial charge in [0, 0.05) is 32.2 Å². The van der Waals surface area contributed by atoms with E-state index in [2.05, 4.69) is 33.0 Å². The van der Waals surface area contributed by atoms with Gasteiger partial charge in [0.25, 0.3) is 10.2 Å². The van der Waals surface area contributed by atoms with Gasteiger partial charge in [-0.05, 0) is 31.7 Å². The molecule has 5 nitrogen and oxygen atoms in total. The lowest BCUT2D eigenvalue weighted by Gasteiger charge is -2.41. The fourth-order valence-electron chi connectivity index (χ4n) is 2.70. The van der Waals surface area contributed by atoms with Crippen molar-refractivity contribution in [2.75, 3.05) is 26.7 Å². The molecule has 1 heterocycles. The molecule has 0 spiro atoms. The van der Waals surface area contributed by atoms with Crippen LogP contribution in [-0.2, 0) is 10.2 Å². The Morgan fingerprint density at radius 3 is 2.48 bits per heavy atom. The Balaban J connectivity index is 2.92. The van der Waals surface area contributed by atoms with Crippen molar-refractivity contribution in [1.82, 2.24) is 13.9 Å². The first kappa shape index (κ1) is 18.9. The zero-order valence-electron chi connectivity index (χ0n) is 14.5. The molecule has 2 unspecified atom stereocenters. The van der Waals surface area contributed by atoms with Crippen LogP contribution in [0.1, 0.15) is 53.9 Å². The van der Waals surface area contributed by atoms with Crippen LogP contribution in [0.4, 0.5) is 0 Å². The number of piperidine rings is 1. The number of nitrogens with zero attached hydrogens (tertiary/aromatic N) is 2. The van der Waals surface area contributed by atoms with Crippen LogP contribution in [0.25, 0.3) is 0 Å². The molecule has 0 saturated carbocycles. The third-order valence-corrected chi connectivity index (χ3v) is 6.78. The van der Waals surface area contributed by atoms with Gasteiger partial charge in [-0.2, -0.15) is 17.0 Å². The van der Waals surface area contributed by atoms with E-state index in [4.69, 9.17) is 0 Å². The van der Waals surface area contributed by atoms with Crippen molar-refractivity contribution in [1.29, 1.82) is 0 Å². The van der Waals surface area contributed by atoms with Crippen molar-refractivity contribution in [3.05, 3.63) is 0 Å². The topological polar surface area (TPSA) is 52.7 Å². The Hall–Kier alpha value is -0.170. The van der Waals surface area contributed by atoms with Crippen LogP contribution < -0.4 is 5.32 Å². The largest absolute Gasteiger partial charge is 0.315 e.